The molecule has 2 fully saturated rings. The van der Waals surface area contributed by atoms with Gasteiger partial charge in [-0.05, 0) is 69.8 Å². The maximum Gasteiger partial charge on any atom is 0.255 e. The van der Waals surface area contributed by atoms with E-state index in [-0.39, 0.29) is 5.56 Å². The quantitative estimate of drug-likeness (QED) is 0.815. The number of fused-ring (bicyclic) bond motifs is 4. The normalized spacial score (nSPS) is 25.2. The van der Waals surface area contributed by atoms with Crippen molar-refractivity contribution in [3.8, 4) is 0 Å². The van der Waals surface area contributed by atoms with E-state index in [0.717, 1.165) is 62.9 Å². The largest absolute Gasteiger partial charge is 0.465 e. The van der Waals surface area contributed by atoms with Crippen molar-refractivity contribution in [3.05, 3.63) is 56.9 Å². The summed E-state index contributed by atoms with van der Waals surface area (Å²) < 4.78 is 8.01. The van der Waals surface area contributed by atoms with Gasteiger partial charge >= 0.3 is 0 Å². The molecule has 3 aliphatic rings. The summed E-state index contributed by atoms with van der Waals surface area (Å²) in [6, 6.07) is 6.51. The minimum Gasteiger partial charge on any atom is -0.465 e. The Morgan fingerprint density at radius 3 is 2.61 bits per heavy atom. The predicted octanol–water partition coefficient (Wildman–Crippen LogP) is 3.27. The van der Waals surface area contributed by atoms with Crippen molar-refractivity contribution in [1.29, 1.82) is 0 Å². The number of likely N-dealkylation sites (tertiary alicyclic amines) is 2. The molecule has 0 unspecified atom stereocenters. The summed E-state index contributed by atoms with van der Waals surface area (Å²) in [5.41, 5.74) is 3.70. The smallest absolute Gasteiger partial charge is 0.255 e. The maximum atomic E-state index is 13.2. The number of pyridine rings is 1. The van der Waals surface area contributed by atoms with Crippen molar-refractivity contribution in [2.45, 2.75) is 58.7 Å². The molecule has 2 aromatic rings. The Morgan fingerprint density at radius 2 is 1.86 bits per heavy atom. The van der Waals surface area contributed by atoms with Crippen LogP contribution in [0.15, 0.2) is 27.4 Å². The summed E-state index contributed by atoms with van der Waals surface area (Å²) in [5, 5.41) is 0. The van der Waals surface area contributed by atoms with Gasteiger partial charge < -0.3 is 8.98 Å². The number of rotatable bonds is 4. The third kappa shape index (κ3) is 3.35. The minimum atomic E-state index is 0.254. The highest BCUT2D eigenvalue weighted by atomic mass is 16.3. The molecular formula is C23H31N3O2. The Bertz CT molecular complexity index is 903. The van der Waals surface area contributed by atoms with E-state index in [2.05, 4.69) is 39.5 Å². The lowest BCUT2D eigenvalue weighted by atomic mass is 9.83. The van der Waals surface area contributed by atoms with Gasteiger partial charge in [0.1, 0.15) is 11.5 Å². The van der Waals surface area contributed by atoms with Crippen LogP contribution in [0.5, 0.6) is 0 Å². The van der Waals surface area contributed by atoms with E-state index in [1.165, 1.54) is 30.5 Å². The van der Waals surface area contributed by atoms with E-state index in [4.69, 9.17) is 4.42 Å². The Hall–Kier alpha value is -1.85. The Balaban J connectivity index is 1.35. The van der Waals surface area contributed by atoms with Crippen molar-refractivity contribution in [2.75, 3.05) is 26.2 Å². The second kappa shape index (κ2) is 7.20. The molecule has 0 aromatic carbocycles. The summed E-state index contributed by atoms with van der Waals surface area (Å²) >= 11 is 0. The van der Waals surface area contributed by atoms with Gasteiger partial charge in [0.05, 0.1) is 6.54 Å². The SMILES string of the molecule is Cc1cc(CN2C[C@@H]3C[C@H](C2)c2ccc(CN4CCCC4)c(=O)n2C3)oc1C. The lowest BCUT2D eigenvalue weighted by molar-refractivity contribution is 0.107. The van der Waals surface area contributed by atoms with Crippen molar-refractivity contribution in [1.82, 2.24) is 14.4 Å². The van der Waals surface area contributed by atoms with E-state index < -0.39 is 0 Å². The monoisotopic (exact) mass is 381 g/mol. The van der Waals surface area contributed by atoms with Crippen LogP contribution in [0.2, 0.25) is 0 Å². The number of nitrogens with zero attached hydrogens (tertiary/aromatic N) is 3. The molecule has 5 rings (SSSR count). The summed E-state index contributed by atoms with van der Waals surface area (Å²) in [7, 11) is 0. The lowest BCUT2D eigenvalue weighted by Crippen LogP contribution is -2.47. The zero-order valence-electron chi connectivity index (χ0n) is 17.1. The highest BCUT2D eigenvalue weighted by Crippen LogP contribution is 2.36. The van der Waals surface area contributed by atoms with Gasteiger partial charge in [-0.25, -0.2) is 0 Å². The van der Waals surface area contributed by atoms with Crippen LogP contribution in [-0.4, -0.2) is 40.5 Å². The predicted molar refractivity (Wildman–Crippen MR) is 110 cm³/mol. The minimum absolute atomic E-state index is 0.254. The average Bonchev–Trinajstić information content (AvgIpc) is 3.28. The van der Waals surface area contributed by atoms with Gasteiger partial charge in [-0.15, -0.1) is 0 Å². The molecule has 0 radical (unpaired) electrons. The first kappa shape index (κ1) is 18.2. The van der Waals surface area contributed by atoms with Crippen molar-refractivity contribution >= 4 is 0 Å². The molecule has 0 spiro atoms. The van der Waals surface area contributed by atoms with Crippen LogP contribution in [0, 0.1) is 19.8 Å². The van der Waals surface area contributed by atoms with Gasteiger partial charge in [-0.3, -0.25) is 14.6 Å². The summed E-state index contributed by atoms with van der Waals surface area (Å²) in [4.78, 5) is 18.1. The number of piperidine rings is 1. The molecule has 0 saturated carbocycles. The molecule has 5 heteroatoms. The van der Waals surface area contributed by atoms with Crippen molar-refractivity contribution in [3.63, 3.8) is 0 Å². The zero-order valence-corrected chi connectivity index (χ0v) is 17.1. The van der Waals surface area contributed by atoms with Gasteiger partial charge in [0.25, 0.3) is 5.56 Å². The molecular weight excluding hydrogens is 350 g/mol. The number of hydrogen-bond acceptors (Lipinski definition) is 4. The molecule has 2 saturated heterocycles. The first-order valence-electron chi connectivity index (χ1n) is 10.8. The van der Waals surface area contributed by atoms with Crippen LogP contribution in [0.1, 0.15) is 53.5 Å². The molecule has 2 aromatic heterocycles. The van der Waals surface area contributed by atoms with Crippen LogP contribution in [0.3, 0.4) is 0 Å². The highest BCUT2D eigenvalue weighted by molar-refractivity contribution is 5.23. The molecule has 5 nitrogen and oxygen atoms in total. The highest BCUT2D eigenvalue weighted by Gasteiger charge is 2.35. The van der Waals surface area contributed by atoms with E-state index in [9.17, 15) is 4.79 Å². The van der Waals surface area contributed by atoms with E-state index in [0.29, 0.717) is 11.8 Å². The van der Waals surface area contributed by atoms with Gasteiger partial charge in [0.2, 0.25) is 0 Å². The molecule has 0 aliphatic carbocycles. The van der Waals surface area contributed by atoms with Crippen LogP contribution in [0.25, 0.3) is 0 Å². The van der Waals surface area contributed by atoms with Crippen LogP contribution in [0.4, 0.5) is 0 Å². The van der Waals surface area contributed by atoms with Crippen LogP contribution >= 0.6 is 0 Å². The molecule has 0 amide bonds. The molecule has 2 atom stereocenters. The topological polar surface area (TPSA) is 41.6 Å². The van der Waals surface area contributed by atoms with Crippen LogP contribution in [-0.2, 0) is 19.6 Å². The number of hydrogen-bond donors (Lipinski definition) is 0. The fraction of sp³-hybridized carbons (Fsp3) is 0.609. The molecule has 5 heterocycles. The first-order chi connectivity index (χ1) is 13.6. The summed E-state index contributed by atoms with van der Waals surface area (Å²) in [6.07, 6.45) is 3.74. The van der Waals surface area contributed by atoms with Crippen molar-refractivity contribution < 1.29 is 4.42 Å². The second-order valence-corrected chi connectivity index (χ2v) is 9.13. The molecule has 3 aliphatic heterocycles. The third-order valence-electron chi connectivity index (χ3n) is 6.95. The van der Waals surface area contributed by atoms with Gasteiger partial charge in [0.15, 0.2) is 0 Å². The average molecular weight is 382 g/mol. The Kier molecular flexibility index (Phi) is 4.68. The second-order valence-electron chi connectivity index (χ2n) is 9.13. The van der Waals surface area contributed by atoms with E-state index >= 15 is 0 Å². The third-order valence-corrected chi connectivity index (χ3v) is 6.95. The Labute approximate surface area is 166 Å². The molecule has 0 N–H and O–H groups in total. The fourth-order valence-corrected chi connectivity index (χ4v) is 5.47. The van der Waals surface area contributed by atoms with Crippen molar-refractivity contribution in [2.24, 2.45) is 5.92 Å². The number of furan rings is 1. The van der Waals surface area contributed by atoms with Gasteiger partial charge in [-0.2, -0.15) is 0 Å². The van der Waals surface area contributed by atoms with Gasteiger partial charge in [0, 0.05) is 43.4 Å². The van der Waals surface area contributed by atoms with Crippen LogP contribution < -0.4 is 5.56 Å². The fourth-order valence-electron chi connectivity index (χ4n) is 5.47. The first-order valence-corrected chi connectivity index (χ1v) is 10.8. The summed E-state index contributed by atoms with van der Waals surface area (Å²) in [5.74, 6) is 3.10. The molecule has 28 heavy (non-hydrogen) atoms. The molecule has 150 valence electrons. The Morgan fingerprint density at radius 1 is 1.04 bits per heavy atom. The van der Waals surface area contributed by atoms with E-state index in [1.54, 1.807) is 0 Å². The van der Waals surface area contributed by atoms with E-state index in [1.807, 2.05) is 6.92 Å². The number of aromatic nitrogens is 1. The lowest BCUT2D eigenvalue weighted by Gasteiger charge is -2.42. The maximum absolute atomic E-state index is 13.2. The van der Waals surface area contributed by atoms with Gasteiger partial charge in [-0.1, -0.05) is 6.07 Å². The summed E-state index contributed by atoms with van der Waals surface area (Å²) in [6.45, 7) is 11.0. The standard InChI is InChI=1S/C23H31N3O2/c1-16-9-21(28-17(16)2)15-25-11-18-10-20(14-25)22-6-5-19(23(27)26(22)12-18)13-24-7-3-4-8-24/h5-6,9,18,20H,3-4,7-8,10-15H2,1-2H3/t18-,20+/m0/s1. The zero-order chi connectivity index (χ0) is 19.3. The number of aryl methyl sites for hydroxylation is 2. The molecule has 2 bridgehead atoms.